The number of nitrogens with zero attached hydrogens (tertiary/aromatic N) is 2. The Morgan fingerprint density at radius 2 is 2.25 bits per heavy atom. The normalized spacial score (nSPS) is 15.7. The van der Waals surface area contributed by atoms with Gasteiger partial charge in [0, 0.05) is 10.8 Å². The van der Waals surface area contributed by atoms with Gasteiger partial charge in [-0.05, 0) is 31.4 Å². The highest BCUT2D eigenvalue weighted by atomic mass is 32.2. The second-order valence-corrected chi connectivity index (χ2v) is 7.88. The molecule has 2 aromatic rings. The average molecular weight is 313 g/mol. The highest BCUT2D eigenvalue weighted by Crippen LogP contribution is 2.38. The molecular formula is C12H15N3O3S2. The molecule has 1 aliphatic carbocycles. The van der Waals surface area contributed by atoms with Gasteiger partial charge in [-0.15, -0.1) is 11.3 Å². The summed E-state index contributed by atoms with van der Waals surface area (Å²) in [7, 11) is -3.50. The molecule has 0 saturated heterocycles. The largest absolute Gasteiger partial charge is 0.338 e. The molecule has 1 fully saturated rings. The summed E-state index contributed by atoms with van der Waals surface area (Å²) < 4.78 is 32.0. The van der Waals surface area contributed by atoms with Crippen LogP contribution in [0.2, 0.25) is 0 Å². The Kier molecular flexibility index (Phi) is 3.61. The van der Waals surface area contributed by atoms with Crippen LogP contribution in [0.25, 0.3) is 0 Å². The molecule has 0 aliphatic heterocycles. The molecular weight excluding hydrogens is 298 g/mol. The Bertz CT molecular complexity index is 701. The van der Waals surface area contributed by atoms with Gasteiger partial charge in [0.1, 0.15) is 4.21 Å². The van der Waals surface area contributed by atoms with Gasteiger partial charge in [0.15, 0.2) is 5.82 Å². The predicted octanol–water partition coefficient (Wildman–Crippen LogP) is 2.05. The van der Waals surface area contributed by atoms with E-state index in [1.807, 2.05) is 13.0 Å². The van der Waals surface area contributed by atoms with Crippen LogP contribution in [-0.4, -0.2) is 18.6 Å². The molecule has 1 saturated carbocycles. The topological polar surface area (TPSA) is 85.1 Å². The molecule has 0 atom stereocenters. The van der Waals surface area contributed by atoms with E-state index in [2.05, 4.69) is 14.9 Å². The van der Waals surface area contributed by atoms with Gasteiger partial charge in [-0.25, -0.2) is 13.1 Å². The zero-order valence-electron chi connectivity index (χ0n) is 11.0. The summed E-state index contributed by atoms with van der Waals surface area (Å²) in [4.78, 5) is 5.23. The summed E-state index contributed by atoms with van der Waals surface area (Å²) in [5.41, 5.74) is 0. The SMILES string of the molecule is CCc1ccc(S(=O)(=O)NCc2nc(C3CC3)no2)s1. The molecule has 108 valence electrons. The summed E-state index contributed by atoms with van der Waals surface area (Å²) in [6, 6.07) is 3.45. The molecule has 0 amide bonds. The van der Waals surface area contributed by atoms with Gasteiger partial charge in [0.05, 0.1) is 6.54 Å². The zero-order valence-corrected chi connectivity index (χ0v) is 12.6. The summed E-state index contributed by atoms with van der Waals surface area (Å²) in [5, 5.41) is 3.85. The Balaban J connectivity index is 1.66. The minimum atomic E-state index is -3.50. The Labute approximate surface area is 121 Å². The van der Waals surface area contributed by atoms with Gasteiger partial charge in [-0.1, -0.05) is 12.1 Å². The first-order valence-electron chi connectivity index (χ1n) is 6.49. The molecule has 0 aromatic carbocycles. The predicted molar refractivity (Wildman–Crippen MR) is 74.0 cm³/mol. The van der Waals surface area contributed by atoms with Crippen LogP contribution in [0.3, 0.4) is 0 Å². The number of sulfonamides is 1. The highest BCUT2D eigenvalue weighted by molar-refractivity contribution is 7.91. The monoisotopic (exact) mass is 313 g/mol. The molecule has 3 rings (SSSR count). The molecule has 0 bridgehead atoms. The standard InChI is InChI=1S/C12H15N3O3S2/c1-2-9-5-6-11(19-9)20(16,17)13-7-10-14-12(15-18-10)8-3-4-8/h5-6,8,13H,2-4,7H2,1H3. The minimum absolute atomic E-state index is 0.0292. The van der Waals surface area contributed by atoms with Crippen LogP contribution in [0.15, 0.2) is 20.9 Å². The third-order valence-corrected chi connectivity index (χ3v) is 6.21. The van der Waals surface area contributed by atoms with E-state index in [9.17, 15) is 8.42 Å². The van der Waals surface area contributed by atoms with Crippen molar-refractivity contribution in [3.8, 4) is 0 Å². The first-order valence-corrected chi connectivity index (χ1v) is 8.79. The quantitative estimate of drug-likeness (QED) is 0.882. The maximum atomic E-state index is 12.1. The van der Waals surface area contributed by atoms with Crippen LogP contribution in [0.1, 0.15) is 42.3 Å². The lowest BCUT2D eigenvalue weighted by Crippen LogP contribution is -2.22. The van der Waals surface area contributed by atoms with Gasteiger partial charge in [-0.2, -0.15) is 4.98 Å². The number of rotatable bonds is 6. The molecule has 0 spiro atoms. The number of hydrogen-bond donors (Lipinski definition) is 1. The van der Waals surface area contributed by atoms with E-state index < -0.39 is 10.0 Å². The Morgan fingerprint density at radius 3 is 2.90 bits per heavy atom. The summed E-state index contributed by atoms with van der Waals surface area (Å²) >= 11 is 1.28. The van der Waals surface area contributed by atoms with Gasteiger partial charge >= 0.3 is 0 Å². The molecule has 1 N–H and O–H groups in total. The van der Waals surface area contributed by atoms with E-state index in [-0.39, 0.29) is 6.54 Å². The number of hydrogen-bond acceptors (Lipinski definition) is 6. The lowest BCUT2D eigenvalue weighted by Gasteiger charge is -2.00. The van der Waals surface area contributed by atoms with Crippen molar-refractivity contribution in [1.29, 1.82) is 0 Å². The van der Waals surface area contributed by atoms with Gasteiger partial charge in [-0.3, -0.25) is 0 Å². The number of aryl methyl sites for hydroxylation is 1. The average Bonchev–Trinajstić information content (AvgIpc) is 2.99. The fourth-order valence-corrected chi connectivity index (χ4v) is 4.08. The fraction of sp³-hybridized carbons (Fsp3) is 0.500. The first-order chi connectivity index (χ1) is 9.58. The molecule has 0 radical (unpaired) electrons. The maximum absolute atomic E-state index is 12.1. The molecule has 1 aliphatic rings. The molecule has 6 nitrogen and oxygen atoms in total. The van der Waals surface area contributed by atoms with E-state index in [0.29, 0.717) is 21.8 Å². The van der Waals surface area contributed by atoms with Crippen LogP contribution >= 0.6 is 11.3 Å². The summed E-state index contributed by atoms with van der Waals surface area (Å²) in [6.45, 7) is 2.02. The van der Waals surface area contributed by atoms with Crippen LogP contribution in [0, 0.1) is 0 Å². The van der Waals surface area contributed by atoms with Crippen molar-refractivity contribution in [2.24, 2.45) is 0 Å². The van der Waals surface area contributed by atoms with Crippen molar-refractivity contribution in [3.63, 3.8) is 0 Å². The number of aromatic nitrogens is 2. The van der Waals surface area contributed by atoms with E-state index in [1.54, 1.807) is 6.07 Å². The van der Waals surface area contributed by atoms with Gasteiger partial charge in [0.25, 0.3) is 10.0 Å². The highest BCUT2D eigenvalue weighted by Gasteiger charge is 2.29. The lowest BCUT2D eigenvalue weighted by atomic mass is 10.4. The lowest BCUT2D eigenvalue weighted by molar-refractivity contribution is 0.370. The van der Waals surface area contributed by atoms with E-state index in [4.69, 9.17) is 4.52 Å². The Hall–Kier alpha value is -1.25. The third-order valence-electron chi connectivity index (χ3n) is 3.09. The maximum Gasteiger partial charge on any atom is 0.250 e. The van der Waals surface area contributed by atoms with E-state index in [1.165, 1.54) is 11.3 Å². The molecule has 2 heterocycles. The van der Waals surface area contributed by atoms with Crippen LogP contribution in [0.4, 0.5) is 0 Å². The smallest absolute Gasteiger partial charge is 0.250 e. The van der Waals surface area contributed by atoms with Crippen LogP contribution in [0.5, 0.6) is 0 Å². The van der Waals surface area contributed by atoms with Crippen molar-refractivity contribution in [3.05, 3.63) is 28.7 Å². The van der Waals surface area contributed by atoms with Crippen LogP contribution < -0.4 is 4.72 Å². The second kappa shape index (κ2) is 5.27. The minimum Gasteiger partial charge on any atom is -0.338 e. The van der Waals surface area contributed by atoms with E-state index in [0.717, 1.165) is 24.1 Å². The van der Waals surface area contributed by atoms with Gasteiger partial charge < -0.3 is 4.52 Å². The van der Waals surface area contributed by atoms with Crippen molar-refractivity contribution in [2.75, 3.05) is 0 Å². The Morgan fingerprint density at radius 1 is 1.45 bits per heavy atom. The zero-order chi connectivity index (χ0) is 14.2. The van der Waals surface area contributed by atoms with Crippen molar-refractivity contribution in [2.45, 2.75) is 42.9 Å². The summed E-state index contributed by atoms with van der Waals surface area (Å²) in [5.74, 6) is 1.39. The van der Waals surface area contributed by atoms with Gasteiger partial charge in [0.2, 0.25) is 5.89 Å². The van der Waals surface area contributed by atoms with Crippen LogP contribution in [-0.2, 0) is 23.0 Å². The third kappa shape index (κ3) is 2.92. The first kappa shape index (κ1) is 13.7. The molecule has 8 heteroatoms. The van der Waals surface area contributed by atoms with Crippen molar-refractivity contribution < 1.29 is 12.9 Å². The van der Waals surface area contributed by atoms with E-state index >= 15 is 0 Å². The fourth-order valence-electron chi connectivity index (χ4n) is 1.77. The number of nitrogens with one attached hydrogen (secondary N) is 1. The second-order valence-electron chi connectivity index (χ2n) is 4.72. The number of thiophene rings is 1. The van der Waals surface area contributed by atoms with Crippen molar-refractivity contribution in [1.82, 2.24) is 14.9 Å². The van der Waals surface area contributed by atoms with Crippen molar-refractivity contribution >= 4 is 21.4 Å². The molecule has 0 unspecified atom stereocenters. The molecule has 2 aromatic heterocycles. The summed E-state index contributed by atoms with van der Waals surface area (Å²) in [6.07, 6.45) is 2.99. The molecule has 20 heavy (non-hydrogen) atoms.